The number of furan rings is 1. The minimum Gasteiger partial charge on any atom is -0.459 e. The van der Waals surface area contributed by atoms with Gasteiger partial charge >= 0.3 is 0 Å². The van der Waals surface area contributed by atoms with Gasteiger partial charge in [-0.25, -0.2) is 13.1 Å². The molecule has 1 aromatic rings. The largest absolute Gasteiger partial charge is 0.459 e. The Balaban J connectivity index is 1.74. The molecular weight excluding hydrogens is 346 g/mol. The van der Waals surface area contributed by atoms with Gasteiger partial charge in [-0.3, -0.25) is 9.59 Å². The van der Waals surface area contributed by atoms with Crippen LogP contribution in [-0.4, -0.2) is 57.1 Å². The van der Waals surface area contributed by atoms with Crippen molar-refractivity contribution in [2.45, 2.75) is 38.1 Å². The molecule has 2 N–H and O–H groups in total. The molecule has 140 valence electrons. The standard InChI is InChI=1S/C16H25N3O5S/c1-25(22,23)18-12-13-6-2-3-10-19(13)15(20)8-4-9-17-16(21)14-7-5-11-24-14/h5,7,11,13,18H,2-4,6,8-10,12H2,1H3,(H,17,21)/t13-/m1/s1. The van der Waals surface area contributed by atoms with Gasteiger partial charge in [-0.1, -0.05) is 0 Å². The Morgan fingerprint density at radius 1 is 1.36 bits per heavy atom. The number of likely N-dealkylation sites (tertiary alicyclic amines) is 1. The first-order valence-electron chi connectivity index (χ1n) is 8.42. The maximum absolute atomic E-state index is 12.4. The molecule has 0 saturated carbocycles. The molecule has 1 aromatic heterocycles. The van der Waals surface area contributed by atoms with E-state index in [1.165, 1.54) is 6.26 Å². The van der Waals surface area contributed by atoms with Crippen LogP contribution in [0.25, 0.3) is 0 Å². The van der Waals surface area contributed by atoms with Crippen LogP contribution in [0.3, 0.4) is 0 Å². The van der Waals surface area contributed by atoms with Gasteiger partial charge in [-0.15, -0.1) is 0 Å². The average molecular weight is 371 g/mol. The van der Waals surface area contributed by atoms with Gasteiger partial charge in [0, 0.05) is 32.1 Å². The maximum Gasteiger partial charge on any atom is 0.286 e. The molecule has 0 radical (unpaired) electrons. The van der Waals surface area contributed by atoms with E-state index in [4.69, 9.17) is 4.42 Å². The first-order valence-corrected chi connectivity index (χ1v) is 10.3. The van der Waals surface area contributed by atoms with Gasteiger partial charge in [0.05, 0.1) is 12.5 Å². The second kappa shape index (κ2) is 9.00. The number of sulfonamides is 1. The molecule has 25 heavy (non-hydrogen) atoms. The van der Waals surface area contributed by atoms with Crippen molar-refractivity contribution < 1.29 is 22.4 Å². The molecule has 1 aliphatic rings. The molecule has 0 unspecified atom stereocenters. The Morgan fingerprint density at radius 2 is 2.16 bits per heavy atom. The van der Waals surface area contributed by atoms with Crippen molar-refractivity contribution in [2.24, 2.45) is 0 Å². The van der Waals surface area contributed by atoms with Gasteiger partial charge in [0.2, 0.25) is 15.9 Å². The van der Waals surface area contributed by atoms with Gasteiger partial charge in [0.1, 0.15) is 0 Å². The third kappa shape index (κ3) is 6.50. The van der Waals surface area contributed by atoms with E-state index >= 15 is 0 Å². The van der Waals surface area contributed by atoms with Crippen LogP contribution in [0.4, 0.5) is 0 Å². The average Bonchev–Trinajstić information content (AvgIpc) is 3.11. The fourth-order valence-corrected chi connectivity index (χ4v) is 3.36. The van der Waals surface area contributed by atoms with E-state index in [1.807, 2.05) is 0 Å². The summed E-state index contributed by atoms with van der Waals surface area (Å²) in [5.41, 5.74) is 0. The third-order valence-corrected chi connectivity index (χ3v) is 4.82. The molecule has 9 heteroatoms. The zero-order valence-corrected chi connectivity index (χ0v) is 15.2. The summed E-state index contributed by atoms with van der Waals surface area (Å²) in [6.07, 6.45) is 6.09. The molecule has 2 rings (SSSR count). The van der Waals surface area contributed by atoms with Crippen LogP contribution >= 0.6 is 0 Å². The van der Waals surface area contributed by atoms with E-state index in [2.05, 4.69) is 10.0 Å². The number of hydrogen-bond acceptors (Lipinski definition) is 5. The Morgan fingerprint density at radius 3 is 2.84 bits per heavy atom. The molecule has 0 bridgehead atoms. The monoisotopic (exact) mass is 371 g/mol. The number of hydrogen-bond donors (Lipinski definition) is 2. The van der Waals surface area contributed by atoms with Crippen molar-refractivity contribution >= 4 is 21.8 Å². The summed E-state index contributed by atoms with van der Waals surface area (Å²) in [5, 5.41) is 2.70. The van der Waals surface area contributed by atoms with E-state index in [1.54, 1.807) is 17.0 Å². The predicted molar refractivity (Wildman–Crippen MR) is 92.5 cm³/mol. The summed E-state index contributed by atoms with van der Waals surface area (Å²) in [5.74, 6) is -0.0628. The molecule has 0 aromatic carbocycles. The van der Waals surface area contributed by atoms with Crippen LogP contribution in [0.2, 0.25) is 0 Å². The smallest absolute Gasteiger partial charge is 0.286 e. The van der Waals surface area contributed by atoms with Gasteiger partial charge in [0.25, 0.3) is 5.91 Å². The summed E-state index contributed by atoms with van der Waals surface area (Å²) in [7, 11) is -3.27. The quantitative estimate of drug-likeness (QED) is 0.655. The fourth-order valence-electron chi connectivity index (χ4n) is 2.87. The van der Waals surface area contributed by atoms with Crippen molar-refractivity contribution in [1.82, 2.24) is 14.9 Å². The summed E-state index contributed by atoms with van der Waals surface area (Å²) < 4.78 is 30.0. The topological polar surface area (TPSA) is 109 Å². The summed E-state index contributed by atoms with van der Waals surface area (Å²) in [4.78, 5) is 25.9. The van der Waals surface area contributed by atoms with E-state index in [0.29, 0.717) is 25.9 Å². The third-order valence-electron chi connectivity index (χ3n) is 4.13. The van der Waals surface area contributed by atoms with Crippen molar-refractivity contribution in [3.63, 3.8) is 0 Å². The van der Waals surface area contributed by atoms with Gasteiger partial charge < -0.3 is 14.6 Å². The molecule has 1 saturated heterocycles. The van der Waals surface area contributed by atoms with Crippen LogP contribution in [-0.2, 0) is 14.8 Å². The highest BCUT2D eigenvalue weighted by atomic mass is 32.2. The van der Waals surface area contributed by atoms with Crippen LogP contribution in [0.5, 0.6) is 0 Å². The van der Waals surface area contributed by atoms with Gasteiger partial charge in [-0.05, 0) is 37.8 Å². The lowest BCUT2D eigenvalue weighted by atomic mass is 10.0. The number of nitrogens with zero attached hydrogens (tertiary/aromatic N) is 1. The lowest BCUT2D eigenvalue weighted by molar-refractivity contribution is -0.134. The SMILES string of the molecule is CS(=O)(=O)NC[C@H]1CCCCN1C(=O)CCCNC(=O)c1ccco1. The lowest BCUT2D eigenvalue weighted by Gasteiger charge is -2.36. The Kier molecular flexibility index (Phi) is 7.01. The molecule has 2 amide bonds. The zero-order chi connectivity index (χ0) is 18.3. The number of piperidine rings is 1. The second-order valence-electron chi connectivity index (χ2n) is 6.19. The van der Waals surface area contributed by atoms with E-state index in [0.717, 1.165) is 25.5 Å². The highest BCUT2D eigenvalue weighted by Gasteiger charge is 2.26. The van der Waals surface area contributed by atoms with Crippen molar-refractivity contribution in [3.8, 4) is 0 Å². The predicted octanol–water partition coefficient (Wildman–Crippen LogP) is 0.720. The summed E-state index contributed by atoms with van der Waals surface area (Å²) in [6, 6.07) is 3.11. The van der Waals surface area contributed by atoms with Crippen molar-refractivity contribution in [2.75, 3.05) is 25.9 Å². The highest BCUT2D eigenvalue weighted by molar-refractivity contribution is 7.88. The molecule has 1 aliphatic heterocycles. The van der Waals surface area contributed by atoms with Crippen molar-refractivity contribution in [1.29, 1.82) is 0 Å². The number of rotatable bonds is 8. The minimum atomic E-state index is -3.27. The molecule has 1 fully saturated rings. The molecule has 0 aliphatic carbocycles. The molecule has 2 heterocycles. The van der Waals surface area contributed by atoms with Crippen molar-refractivity contribution in [3.05, 3.63) is 24.2 Å². The maximum atomic E-state index is 12.4. The fraction of sp³-hybridized carbons (Fsp3) is 0.625. The first kappa shape index (κ1) is 19.5. The lowest BCUT2D eigenvalue weighted by Crippen LogP contribution is -2.49. The van der Waals surface area contributed by atoms with Gasteiger partial charge in [-0.2, -0.15) is 0 Å². The normalized spacial score (nSPS) is 18.1. The zero-order valence-electron chi connectivity index (χ0n) is 14.4. The molecule has 0 spiro atoms. The Hall–Kier alpha value is -1.87. The Labute approximate surface area is 148 Å². The highest BCUT2D eigenvalue weighted by Crippen LogP contribution is 2.18. The van der Waals surface area contributed by atoms with Crippen LogP contribution < -0.4 is 10.0 Å². The van der Waals surface area contributed by atoms with E-state index in [-0.39, 0.29) is 30.2 Å². The second-order valence-corrected chi connectivity index (χ2v) is 8.03. The van der Waals surface area contributed by atoms with Crippen LogP contribution in [0.15, 0.2) is 22.8 Å². The number of carbonyl (C=O) groups excluding carboxylic acids is 2. The van der Waals surface area contributed by atoms with Crippen LogP contribution in [0, 0.1) is 0 Å². The molecular formula is C16H25N3O5S. The van der Waals surface area contributed by atoms with E-state index in [9.17, 15) is 18.0 Å². The molecule has 1 atom stereocenters. The first-order chi connectivity index (χ1) is 11.9. The summed E-state index contributed by atoms with van der Waals surface area (Å²) in [6.45, 7) is 1.28. The minimum absolute atomic E-state index is 0.00718. The number of carbonyl (C=O) groups is 2. The van der Waals surface area contributed by atoms with Gasteiger partial charge in [0.15, 0.2) is 5.76 Å². The number of nitrogens with one attached hydrogen (secondary N) is 2. The Bertz CT molecular complexity index is 672. The number of amides is 2. The van der Waals surface area contributed by atoms with E-state index < -0.39 is 10.0 Å². The van der Waals surface area contributed by atoms with Crippen LogP contribution in [0.1, 0.15) is 42.7 Å². The summed E-state index contributed by atoms with van der Waals surface area (Å²) >= 11 is 0. The molecule has 8 nitrogen and oxygen atoms in total.